The van der Waals surface area contributed by atoms with Gasteiger partial charge in [-0.1, -0.05) is 49.3 Å². The Kier molecular flexibility index (Phi) is 7.28. The Labute approximate surface area is 136 Å². The van der Waals surface area contributed by atoms with Crippen LogP contribution in [0, 0.1) is 11.8 Å². The van der Waals surface area contributed by atoms with E-state index in [-0.39, 0.29) is 5.78 Å². The molecule has 0 unspecified atom stereocenters. The van der Waals surface area contributed by atoms with Gasteiger partial charge in [-0.25, -0.2) is 0 Å². The molecule has 0 saturated carbocycles. The zero-order chi connectivity index (χ0) is 16.8. The van der Waals surface area contributed by atoms with Crippen molar-refractivity contribution in [3.05, 3.63) is 35.5 Å². The third-order valence-electron chi connectivity index (χ3n) is 4.39. The molecule has 1 aliphatic rings. The maximum absolute atomic E-state index is 12.1. The van der Waals surface area contributed by atoms with Gasteiger partial charge in [-0.15, -0.1) is 0 Å². The third kappa shape index (κ3) is 7.22. The van der Waals surface area contributed by atoms with Crippen LogP contribution in [0.25, 0.3) is 0 Å². The van der Waals surface area contributed by atoms with Crippen LogP contribution in [0.3, 0.4) is 0 Å². The molecule has 0 bridgehead atoms. The summed E-state index contributed by atoms with van der Waals surface area (Å²) >= 11 is 0. The van der Waals surface area contributed by atoms with Gasteiger partial charge in [0.2, 0.25) is 0 Å². The van der Waals surface area contributed by atoms with E-state index in [4.69, 9.17) is 0 Å². The maximum atomic E-state index is 12.1. The molecule has 2 nitrogen and oxygen atoms in total. The Morgan fingerprint density at radius 3 is 2.36 bits per heavy atom. The van der Waals surface area contributed by atoms with E-state index in [0.29, 0.717) is 31.1 Å². The van der Waals surface area contributed by atoms with Gasteiger partial charge >= 0.3 is 0 Å². The first-order valence-corrected chi connectivity index (χ1v) is 8.44. The summed E-state index contributed by atoms with van der Waals surface area (Å²) < 4.78 is 0. The van der Waals surface area contributed by atoms with Crippen LogP contribution >= 0.6 is 0 Å². The monoisotopic (exact) mass is 304 g/mol. The van der Waals surface area contributed by atoms with Crippen LogP contribution in [0.5, 0.6) is 0 Å². The van der Waals surface area contributed by atoms with Crippen LogP contribution < -0.4 is 0 Å². The minimum Gasteiger partial charge on any atom is -0.386 e. The highest BCUT2D eigenvalue weighted by atomic mass is 16.3. The Bertz CT molecular complexity index is 464. The highest BCUT2D eigenvalue weighted by Gasteiger charge is 2.18. The number of carbonyl (C=O) groups is 1. The normalized spacial score (nSPS) is 35.2. The quantitative estimate of drug-likeness (QED) is 0.693. The molecule has 22 heavy (non-hydrogen) atoms. The molecular formula is C20H32O2. The summed E-state index contributed by atoms with van der Waals surface area (Å²) in [6, 6.07) is 0. The fourth-order valence-electron chi connectivity index (χ4n) is 2.76. The highest BCUT2D eigenvalue weighted by molar-refractivity contribution is 5.82. The summed E-state index contributed by atoms with van der Waals surface area (Å²) in [6.07, 6.45) is 11.9. The molecule has 1 rings (SSSR count). The summed E-state index contributed by atoms with van der Waals surface area (Å²) in [7, 11) is 0. The third-order valence-corrected chi connectivity index (χ3v) is 4.39. The topological polar surface area (TPSA) is 37.3 Å². The van der Waals surface area contributed by atoms with Gasteiger partial charge in [-0.3, -0.25) is 4.79 Å². The number of carbonyl (C=O) groups excluding carboxylic acids is 1. The molecule has 2 atom stereocenters. The predicted octanol–water partition coefficient (Wildman–Crippen LogP) is 4.99. The average Bonchev–Trinajstić information content (AvgIpc) is 2.36. The van der Waals surface area contributed by atoms with Crippen LogP contribution in [0.2, 0.25) is 0 Å². The standard InChI is InChI=1S/C20H32O2/c1-15(2)18-9-8-17(4)14-19(21)13-16(3)7-6-11-20(5,22)12-10-18/h7-8,10,12,15,18,22H,6,9,11,13-14H2,1-5H3/b12-10+,16-7+,17-8-/t18-,20-/m1/s1. The molecule has 0 fully saturated rings. The van der Waals surface area contributed by atoms with Crippen molar-refractivity contribution >= 4 is 5.78 Å². The molecule has 0 spiro atoms. The summed E-state index contributed by atoms with van der Waals surface area (Å²) in [5.41, 5.74) is 1.48. The summed E-state index contributed by atoms with van der Waals surface area (Å²) in [4.78, 5) is 12.1. The number of hydrogen-bond acceptors (Lipinski definition) is 2. The molecule has 0 aromatic rings. The minimum atomic E-state index is -0.781. The lowest BCUT2D eigenvalue weighted by Gasteiger charge is -2.21. The molecule has 1 N–H and O–H groups in total. The van der Waals surface area contributed by atoms with E-state index in [2.05, 4.69) is 32.1 Å². The van der Waals surface area contributed by atoms with E-state index in [1.165, 1.54) is 0 Å². The van der Waals surface area contributed by atoms with Gasteiger partial charge < -0.3 is 5.11 Å². The van der Waals surface area contributed by atoms with Crippen LogP contribution in [0.15, 0.2) is 35.5 Å². The molecule has 0 radical (unpaired) electrons. The van der Waals surface area contributed by atoms with E-state index in [1.54, 1.807) is 0 Å². The first-order valence-electron chi connectivity index (χ1n) is 8.44. The molecular weight excluding hydrogens is 272 g/mol. The summed E-state index contributed by atoms with van der Waals surface area (Å²) in [5, 5.41) is 10.5. The zero-order valence-electron chi connectivity index (χ0n) is 14.9. The van der Waals surface area contributed by atoms with E-state index in [9.17, 15) is 9.90 Å². The smallest absolute Gasteiger partial charge is 0.140 e. The van der Waals surface area contributed by atoms with Gasteiger partial charge in [0.25, 0.3) is 0 Å². The average molecular weight is 304 g/mol. The van der Waals surface area contributed by atoms with Crippen LogP contribution in [-0.2, 0) is 4.79 Å². The van der Waals surface area contributed by atoms with Gasteiger partial charge in [-0.05, 0) is 51.9 Å². The fourth-order valence-corrected chi connectivity index (χ4v) is 2.76. The lowest BCUT2D eigenvalue weighted by Crippen LogP contribution is -2.21. The molecule has 2 heteroatoms. The lowest BCUT2D eigenvalue weighted by atomic mass is 9.88. The first-order chi connectivity index (χ1) is 10.2. The van der Waals surface area contributed by atoms with Gasteiger partial charge in [0.05, 0.1) is 5.60 Å². The SMILES string of the molecule is C/C1=C/C[C@@H](C(C)C)/C=C/[C@](C)(O)CC/C=C(\C)CC(=O)C1. The second-order valence-corrected chi connectivity index (χ2v) is 7.39. The number of rotatable bonds is 1. The minimum absolute atomic E-state index is 0.281. The Hall–Kier alpha value is -1.15. The number of aliphatic hydroxyl groups is 1. The molecule has 0 saturated heterocycles. The van der Waals surface area contributed by atoms with Gasteiger partial charge in [-0.2, -0.15) is 0 Å². The van der Waals surface area contributed by atoms with Crippen molar-refractivity contribution in [1.29, 1.82) is 0 Å². The van der Waals surface area contributed by atoms with Crippen molar-refractivity contribution < 1.29 is 9.90 Å². The number of ketones is 1. The maximum Gasteiger partial charge on any atom is 0.140 e. The number of Topliss-reactive ketones (excluding diaryl/α,β-unsaturated/α-hetero) is 1. The number of hydrogen-bond donors (Lipinski definition) is 1. The van der Waals surface area contributed by atoms with Gasteiger partial charge in [0, 0.05) is 12.8 Å². The second kappa shape index (κ2) is 8.47. The molecule has 0 aliphatic heterocycles. The van der Waals surface area contributed by atoms with Crippen molar-refractivity contribution in [2.45, 2.75) is 72.3 Å². The van der Waals surface area contributed by atoms with Crippen LogP contribution in [0.4, 0.5) is 0 Å². The van der Waals surface area contributed by atoms with E-state index < -0.39 is 5.60 Å². The predicted molar refractivity (Wildman–Crippen MR) is 93.7 cm³/mol. The Morgan fingerprint density at radius 2 is 1.77 bits per heavy atom. The van der Waals surface area contributed by atoms with Crippen LogP contribution in [-0.4, -0.2) is 16.5 Å². The van der Waals surface area contributed by atoms with Crippen molar-refractivity contribution in [2.24, 2.45) is 11.8 Å². The Morgan fingerprint density at radius 1 is 1.18 bits per heavy atom. The van der Waals surface area contributed by atoms with Gasteiger partial charge in [0.1, 0.15) is 5.78 Å². The largest absolute Gasteiger partial charge is 0.386 e. The number of allylic oxidation sites excluding steroid dienone is 5. The molecule has 0 aromatic heterocycles. The zero-order valence-corrected chi connectivity index (χ0v) is 14.9. The molecule has 124 valence electrons. The van der Waals surface area contributed by atoms with E-state index >= 15 is 0 Å². The molecule has 1 aliphatic carbocycles. The summed E-state index contributed by atoms with van der Waals surface area (Å²) in [6.45, 7) is 10.3. The highest BCUT2D eigenvalue weighted by Crippen LogP contribution is 2.23. The molecule has 0 aromatic carbocycles. The lowest BCUT2D eigenvalue weighted by molar-refractivity contribution is -0.117. The van der Waals surface area contributed by atoms with Crippen LogP contribution in [0.1, 0.15) is 66.7 Å². The first kappa shape index (κ1) is 18.9. The van der Waals surface area contributed by atoms with Gasteiger partial charge in [0.15, 0.2) is 0 Å². The second-order valence-electron chi connectivity index (χ2n) is 7.39. The molecule has 0 amide bonds. The van der Waals surface area contributed by atoms with Crippen molar-refractivity contribution in [1.82, 2.24) is 0 Å². The van der Waals surface area contributed by atoms with Crippen molar-refractivity contribution in [3.8, 4) is 0 Å². The molecule has 0 heterocycles. The van der Waals surface area contributed by atoms with E-state index in [1.807, 2.05) is 26.8 Å². The van der Waals surface area contributed by atoms with Crippen molar-refractivity contribution in [3.63, 3.8) is 0 Å². The summed E-state index contributed by atoms with van der Waals surface area (Å²) in [5.74, 6) is 1.20. The van der Waals surface area contributed by atoms with E-state index in [0.717, 1.165) is 24.0 Å². The van der Waals surface area contributed by atoms with Crippen molar-refractivity contribution in [2.75, 3.05) is 0 Å². The fraction of sp³-hybridized carbons (Fsp3) is 0.650. The Balaban J connectivity index is 2.99.